The predicted octanol–water partition coefficient (Wildman–Crippen LogP) is 5.30. The zero-order chi connectivity index (χ0) is 27.0. The standard InChI is InChI=1S/C29H33F2N3O4/c1-17-11-24(38-2)22(21-7-9-32-26(17)21)16-34-10-8-29(12-20(13-29)27(30)31)14-23(34)18-3-5-19(6-4-18)28(37)33-15-25(35)36/h3-7,9,11,20,23,27,32H,8,10,12-16H2,1-2H3,(H,33,37)(H,35,36)/t20?,23-,29?/m0/s1. The quantitative estimate of drug-likeness (QED) is 0.371. The maximum Gasteiger partial charge on any atom is 0.322 e. The van der Waals surface area contributed by atoms with Gasteiger partial charge in [0.2, 0.25) is 6.43 Å². The van der Waals surface area contributed by atoms with Crippen molar-refractivity contribution in [3.63, 3.8) is 0 Å². The first-order valence-electron chi connectivity index (χ1n) is 13.0. The molecular formula is C29H33F2N3O4. The monoisotopic (exact) mass is 525 g/mol. The number of fused-ring (bicyclic) bond motifs is 1. The minimum Gasteiger partial charge on any atom is -0.496 e. The van der Waals surface area contributed by atoms with Gasteiger partial charge < -0.3 is 20.1 Å². The highest BCUT2D eigenvalue weighted by atomic mass is 19.3. The molecule has 5 rings (SSSR count). The molecule has 9 heteroatoms. The van der Waals surface area contributed by atoms with Crippen molar-refractivity contribution < 1.29 is 28.2 Å². The summed E-state index contributed by atoms with van der Waals surface area (Å²) in [5.74, 6) is -1.27. The van der Waals surface area contributed by atoms with E-state index in [9.17, 15) is 18.4 Å². The average molecular weight is 526 g/mol. The predicted molar refractivity (Wildman–Crippen MR) is 140 cm³/mol. The number of carbonyl (C=O) groups excluding carboxylic acids is 1. The third-order valence-electron chi connectivity index (χ3n) is 8.39. The molecule has 1 saturated carbocycles. The molecule has 3 aromatic rings. The number of ether oxygens (including phenoxy) is 1. The zero-order valence-corrected chi connectivity index (χ0v) is 21.6. The van der Waals surface area contributed by atoms with Crippen LogP contribution >= 0.6 is 0 Å². The Morgan fingerprint density at radius 3 is 2.61 bits per heavy atom. The molecule has 1 atom stereocenters. The molecule has 0 bridgehead atoms. The largest absolute Gasteiger partial charge is 0.496 e. The van der Waals surface area contributed by atoms with Crippen LogP contribution in [0.2, 0.25) is 0 Å². The topological polar surface area (TPSA) is 94.7 Å². The maximum atomic E-state index is 13.4. The Kier molecular flexibility index (Phi) is 7.13. The van der Waals surface area contributed by atoms with Gasteiger partial charge in [-0.1, -0.05) is 12.1 Å². The summed E-state index contributed by atoms with van der Waals surface area (Å²) in [5.41, 5.74) is 4.54. The van der Waals surface area contributed by atoms with Crippen molar-refractivity contribution in [3.8, 4) is 5.75 Å². The molecule has 1 saturated heterocycles. The Morgan fingerprint density at radius 2 is 1.95 bits per heavy atom. The number of aromatic amines is 1. The lowest BCUT2D eigenvalue weighted by Crippen LogP contribution is -2.49. The summed E-state index contributed by atoms with van der Waals surface area (Å²) in [5, 5.41) is 12.3. The van der Waals surface area contributed by atoms with Gasteiger partial charge in [0, 0.05) is 46.7 Å². The second-order valence-electron chi connectivity index (χ2n) is 10.8. The number of carboxylic acids is 1. The second-order valence-corrected chi connectivity index (χ2v) is 10.8. The summed E-state index contributed by atoms with van der Waals surface area (Å²) >= 11 is 0. The fourth-order valence-electron chi connectivity index (χ4n) is 6.40. The number of amides is 1. The molecule has 7 nitrogen and oxygen atoms in total. The Balaban J connectivity index is 1.44. The van der Waals surface area contributed by atoms with E-state index in [0.29, 0.717) is 24.9 Å². The molecule has 0 unspecified atom stereocenters. The van der Waals surface area contributed by atoms with E-state index in [0.717, 1.165) is 52.7 Å². The van der Waals surface area contributed by atoms with Crippen LogP contribution in [-0.2, 0) is 11.3 Å². The number of benzene rings is 2. The van der Waals surface area contributed by atoms with Crippen molar-refractivity contribution in [2.75, 3.05) is 20.2 Å². The van der Waals surface area contributed by atoms with Gasteiger partial charge in [-0.15, -0.1) is 0 Å². The van der Waals surface area contributed by atoms with E-state index in [2.05, 4.69) is 21.3 Å². The first kappa shape index (κ1) is 26.2. The first-order chi connectivity index (χ1) is 18.2. The summed E-state index contributed by atoms with van der Waals surface area (Å²) in [6.45, 7) is 3.00. The van der Waals surface area contributed by atoms with E-state index in [1.54, 1.807) is 19.2 Å². The van der Waals surface area contributed by atoms with Crippen LogP contribution in [0.5, 0.6) is 5.75 Å². The number of hydrogen-bond donors (Lipinski definition) is 3. The molecule has 3 N–H and O–H groups in total. The van der Waals surface area contributed by atoms with E-state index in [1.165, 1.54) is 0 Å². The Bertz CT molecular complexity index is 1330. The lowest BCUT2D eigenvalue weighted by atomic mass is 9.56. The molecule has 38 heavy (non-hydrogen) atoms. The molecule has 2 aromatic carbocycles. The number of aromatic nitrogens is 1. The molecule has 2 fully saturated rings. The van der Waals surface area contributed by atoms with Crippen LogP contribution in [0.4, 0.5) is 8.78 Å². The van der Waals surface area contributed by atoms with E-state index >= 15 is 0 Å². The SMILES string of the molecule is COc1cc(C)c2[nH]ccc2c1CN1CCC2(CC(C(F)F)C2)C[C@H]1c1ccc(C(=O)NCC(=O)O)cc1. The van der Waals surface area contributed by atoms with Crippen LogP contribution in [0.15, 0.2) is 42.6 Å². The molecule has 1 aliphatic heterocycles. The molecule has 1 spiro atoms. The minimum absolute atomic E-state index is 0.0153. The molecule has 1 amide bonds. The minimum atomic E-state index is -2.28. The number of alkyl halides is 2. The van der Waals surface area contributed by atoms with E-state index < -0.39 is 30.8 Å². The van der Waals surface area contributed by atoms with E-state index in [1.807, 2.05) is 31.3 Å². The van der Waals surface area contributed by atoms with Gasteiger partial charge in [-0.3, -0.25) is 14.5 Å². The van der Waals surface area contributed by atoms with Crippen molar-refractivity contribution in [2.45, 2.75) is 51.6 Å². The Morgan fingerprint density at radius 1 is 1.21 bits per heavy atom. The highest BCUT2D eigenvalue weighted by Crippen LogP contribution is 2.58. The van der Waals surface area contributed by atoms with E-state index in [4.69, 9.17) is 9.84 Å². The number of carboxylic acid groups (broad SMARTS) is 1. The number of nitrogens with one attached hydrogen (secondary N) is 2. The maximum absolute atomic E-state index is 13.4. The summed E-state index contributed by atoms with van der Waals surface area (Å²) in [6, 6.07) is 11.3. The zero-order valence-electron chi connectivity index (χ0n) is 21.6. The molecule has 1 aromatic heterocycles. The van der Waals surface area contributed by atoms with Crippen LogP contribution in [0, 0.1) is 18.3 Å². The molecule has 0 radical (unpaired) electrons. The van der Waals surface area contributed by atoms with Gasteiger partial charge in [0.15, 0.2) is 0 Å². The summed E-state index contributed by atoms with van der Waals surface area (Å²) in [4.78, 5) is 28.8. The van der Waals surface area contributed by atoms with Crippen LogP contribution < -0.4 is 10.1 Å². The van der Waals surface area contributed by atoms with E-state index in [-0.39, 0.29) is 11.5 Å². The molecule has 1 aliphatic carbocycles. The van der Waals surface area contributed by atoms with Gasteiger partial charge in [-0.05, 0) is 80.0 Å². The normalized spacial score (nSPS) is 23.5. The number of aryl methyl sites for hydroxylation is 1. The van der Waals surface area contributed by atoms with Crippen molar-refractivity contribution in [1.82, 2.24) is 15.2 Å². The fourth-order valence-corrected chi connectivity index (χ4v) is 6.40. The van der Waals surface area contributed by atoms with Crippen LogP contribution in [0.3, 0.4) is 0 Å². The average Bonchev–Trinajstić information content (AvgIpc) is 3.38. The van der Waals surface area contributed by atoms with Crippen LogP contribution in [0.25, 0.3) is 10.9 Å². The number of halogens is 2. The molecule has 202 valence electrons. The number of aliphatic carboxylic acids is 1. The number of carbonyl (C=O) groups is 2. The van der Waals surface area contributed by atoms with Crippen molar-refractivity contribution in [3.05, 3.63) is 64.8 Å². The van der Waals surface area contributed by atoms with Gasteiger partial charge in [0.1, 0.15) is 12.3 Å². The van der Waals surface area contributed by atoms with Crippen molar-refractivity contribution >= 4 is 22.8 Å². The summed E-state index contributed by atoms with van der Waals surface area (Å²) < 4.78 is 32.5. The number of likely N-dealkylation sites (tertiary alicyclic amines) is 1. The number of methoxy groups -OCH3 is 1. The lowest BCUT2D eigenvalue weighted by Gasteiger charge is -2.55. The second kappa shape index (κ2) is 10.4. The number of nitrogens with zero attached hydrogens (tertiary/aromatic N) is 1. The third-order valence-corrected chi connectivity index (χ3v) is 8.39. The Hall–Kier alpha value is -3.46. The van der Waals surface area contributed by atoms with Gasteiger partial charge in [-0.25, -0.2) is 8.78 Å². The third kappa shape index (κ3) is 4.99. The Labute approximate surface area is 220 Å². The van der Waals surface area contributed by atoms with Crippen molar-refractivity contribution in [2.24, 2.45) is 11.3 Å². The number of rotatable bonds is 8. The molecule has 2 aliphatic rings. The van der Waals surface area contributed by atoms with Crippen LogP contribution in [0.1, 0.15) is 58.8 Å². The smallest absolute Gasteiger partial charge is 0.322 e. The lowest BCUT2D eigenvalue weighted by molar-refractivity contribution is -0.135. The number of H-pyrrole nitrogens is 1. The highest BCUT2D eigenvalue weighted by Gasteiger charge is 2.51. The van der Waals surface area contributed by atoms with Gasteiger partial charge in [-0.2, -0.15) is 0 Å². The number of piperidine rings is 1. The van der Waals surface area contributed by atoms with Gasteiger partial charge >= 0.3 is 5.97 Å². The highest BCUT2D eigenvalue weighted by molar-refractivity contribution is 5.95. The van der Waals surface area contributed by atoms with Gasteiger partial charge in [0.25, 0.3) is 5.91 Å². The molecular weight excluding hydrogens is 492 g/mol. The number of hydrogen-bond acceptors (Lipinski definition) is 4. The summed E-state index contributed by atoms with van der Waals surface area (Å²) in [6.07, 6.45) is 2.37. The fraction of sp³-hybridized carbons (Fsp3) is 0.448. The van der Waals surface area contributed by atoms with Crippen molar-refractivity contribution in [1.29, 1.82) is 0 Å². The summed E-state index contributed by atoms with van der Waals surface area (Å²) in [7, 11) is 1.67. The van der Waals surface area contributed by atoms with Crippen LogP contribution in [-0.4, -0.2) is 53.5 Å². The first-order valence-corrected chi connectivity index (χ1v) is 13.0. The molecule has 2 heterocycles. The van der Waals surface area contributed by atoms with Gasteiger partial charge in [0.05, 0.1) is 7.11 Å².